The summed E-state index contributed by atoms with van der Waals surface area (Å²) in [4.78, 5) is 25.7. The molecule has 0 amide bonds. The number of hydrogen-bond donors (Lipinski definition) is 1. The summed E-state index contributed by atoms with van der Waals surface area (Å²) in [6.45, 7) is 1.17. The van der Waals surface area contributed by atoms with Crippen molar-refractivity contribution >= 4 is 11.9 Å². The van der Waals surface area contributed by atoms with Gasteiger partial charge in [0.2, 0.25) is 0 Å². The molecule has 2 aliphatic rings. The zero-order valence-electron chi connectivity index (χ0n) is 13.8. The molecule has 2 aliphatic heterocycles. The zero-order chi connectivity index (χ0) is 18.7. The van der Waals surface area contributed by atoms with Crippen molar-refractivity contribution in [3.63, 3.8) is 0 Å². The van der Waals surface area contributed by atoms with E-state index in [9.17, 15) is 14.7 Å². The van der Waals surface area contributed by atoms with Crippen LogP contribution in [0.25, 0.3) is 10.4 Å². The molecule has 1 aromatic rings. The van der Waals surface area contributed by atoms with E-state index in [1.807, 2.05) is 18.2 Å². The van der Waals surface area contributed by atoms with E-state index in [0.717, 1.165) is 12.5 Å². The largest absolute Gasteiger partial charge is 0.479 e. The minimum atomic E-state index is -1.49. The van der Waals surface area contributed by atoms with Crippen molar-refractivity contribution in [3.8, 4) is 0 Å². The molecule has 2 saturated heterocycles. The first-order valence-electron chi connectivity index (χ1n) is 7.93. The summed E-state index contributed by atoms with van der Waals surface area (Å²) in [5.41, 5.74) is 9.66. The third-order valence-electron chi connectivity index (χ3n) is 4.15. The van der Waals surface area contributed by atoms with E-state index in [-0.39, 0.29) is 6.61 Å². The Hall–Kier alpha value is -2.65. The topological polar surface area (TPSA) is 140 Å². The number of rotatable bonds is 4. The smallest absolute Gasteiger partial charge is 0.336 e. The number of esters is 1. The van der Waals surface area contributed by atoms with Crippen LogP contribution in [0.15, 0.2) is 35.4 Å². The predicted octanol–water partition coefficient (Wildman–Crippen LogP) is 1.56. The Balaban J connectivity index is 1.90. The van der Waals surface area contributed by atoms with Crippen molar-refractivity contribution in [2.45, 2.75) is 43.7 Å². The lowest BCUT2D eigenvalue weighted by Gasteiger charge is -2.46. The van der Waals surface area contributed by atoms with Gasteiger partial charge in [-0.2, -0.15) is 0 Å². The van der Waals surface area contributed by atoms with Crippen LogP contribution in [0.4, 0.5) is 0 Å². The van der Waals surface area contributed by atoms with E-state index in [1.54, 1.807) is 12.1 Å². The fourth-order valence-electron chi connectivity index (χ4n) is 3.09. The Morgan fingerprint density at radius 2 is 2.04 bits per heavy atom. The maximum Gasteiger partial charge on any atom is 0.336 e. The van der Waals surface area contributed by atoms with Gasteiger partial charge in [-0.15, -0.1) is 0 Å². The fraction of sp³-hybridized carbons (Fsp3) is 0.500. The van der Waals surface area contributed by atoms with Gasteiger partial charge in [-0.05, 0) is 5.53 Å². The Labute approximate surface area is 148 Å². The predicted molar refractivity (Wildman–Crippen MR) is 84.8 cm³/mol. The average Bonchev–Trinajstić information content (AvgIpc) is 2.63. The van der Waals surface area contributed by atoms with Gasteiger partial charge in [-0.3, -0.25) is 4.79 Å². The van der Waals surface area contributed by atoms with Gasteiger partial charge in [0.1, 0.15) is 24.4 Å². The summed E-state index contributed by atoms with van der Waals surface area (Å²) in [6.07, 6.45) is -5.15. The summed E-state index contributed by atoms with van der Waals surface area (Å²) in [6, 6.07) is 8.02. The lowest BCUT2D eigenvalue weighted by Crippen LogP contribution is -2.63. The van der Waals surface area contributed by atoms with Crippen molar-refractivity contribution in [2.24, 2.45) is 5.11 Å². The lowest BCUT2D eigenvalue weighted by molar-refractivity contribution is -0.305. The summed E-state index contributed by atoms with van der Waals surface area (Å²) in [5.74, 6) is -2.05. The van der Waals surface area contributed by atoms with Gasteiger partial charge in [-0.25, -0.2) is 4.79 Å². The van der Waals surface area contributed by atoms with E-state index in [2.05, 4.69) is 10.0 Å². The van der Waals surface area contributed by atoms with Crippen molar-refractivity contribution < 1.29 is 33.6 Å². The van der Waals surface area contributed by atoms with E-state index in [1.165, 1.54) is 0 Å². The molecule has 0 saturated carbocycles. The quantitative estimate of drug-likeness (QED) is 0.370. The molecule has 0 aromatic heterocycles. The van der Waals surface area contributed by atoms with Crippen LogP contribution in [0.2, 0.25) is 0 Å². The van der Waals surface area contributed by atoms with E-state index >= 15 is 0 Å². The van der Waals surface area contributed by atoms with Gasteiger partial charge in [0.25, 0.3) is 0 Å². The minimum Gasteiger partial charge on any atom is -0.479 e. The summed E-state index contributed by atoms with van der Waals surface area (Å²) < 4.78 is 22.1. The molecule has 1 unspecified atom stereocenters. The average molecular weight is 363 g/mol. The molecule has 2 fully saturated rings. The Kier molecular flexibility index (Phi) is 5.38. The highest BCUT2D eigenvalue weighted by atomic mass is 16.7. The van der Waals surface area contributed by atoms with E-state index < -0.39 is 48.7 Å². The summed E-state index contributed by atoms with van der Waals surface area (Å²) in [7, 11) is 0. The summed E-state index contributed by atoms with van der Waals surface area (Å²) in [5, 5.41) is 13.0. The molecule has 0 radical (unpaired) electrons. The van der Waals surface area contributed by atoms with Crippen LogP contribution in [0.1, 0.15) is 18.8 Å². The molecule has 3 rings (SSSR count). The SMILES string of the molecule is CC(=O)O[C@@H]1[C@@H](N=[N+]=[N-])[C@H]2OC(c3ccccc3)OC[C@H]2O[C@H]1C(=O)O. The van der Waals surface area contributed by atoms with Gasteiger partial charge in [0.05, 0.1) is 6.61 Å². The van der Waals surface area contributed by atoms with Crippen LogP contribution < -0.4 is 0 Å². The number of nitrogens with zero attached hydrogens (tertiary/aromatic N) is 3. The second-order valence-electron chi connectivity index (χ2n) is 5.88. The normalized spacial score (nSPS) is 33.4. The number of carboxylic acids is 1. The second-order valence-corrected chi connectivity index (χ2v) is 5.88. The number of azide groups is 1. The number of carboxylic acid groups (broad SMARTS) is 1. The molecule has 0 bridgehead atoms. The molecule has 0 aliphatic carbocycles. The van der Waals surface area contributed by atoms with Crippen molar-refractivity contribution in [2.75, 3.05) is 6.61 Å². The highest BCUT2D eigenvalue weighted by molar-refractivity contribution is 5.75. The molecule has 6 atom stereocenters. The number of hydrogen-bond acceptors (Lipinski definition) is 7. The maximum absolute atomic E-state index is 11.5. The maximum atomic E-state index is 11.5. The molecule has 138 valence electrons. The molecule has 0 spiro atoms. The van der Waals surface area contributed by atoms with Crippen LogP contribution in [0, 0.1) is 0 Å². The first-order valence-corrected chi connectivity index (χ1v) is 7.93. The number of ether oxygens (including phenoxy) is 4. The minimum absolute atomic E-state index is 0.0399. The van der Waals surface area contributed by atoms with Gasteiger partial charge in [0.15, 0.2) is 12.4 Å². The Morgan fingerprint density at radius 1 is 1.31 bits per heavy atom. The van der Waals surface area contributed by atoms with E-state index in [4.69, 9.17) is 24.5 Å². The number of aliphatic carboxylic acids is 1. The highest BCUT2D eigenvalue weighted by Crippen LogP contribution is 2.36. The van der Waals surface area contributed by atoms with Gasteiger partial charge in [0, 0.05) is 17.4 Å². The first-order chi connectivity index (χ1) is 12.5. The monoisotopic (exact) mass is 363 g/mol. The molecule has 2 heterocycles. The number of fused-ring (bicyclic) bond motifs is 1. The molecule has 1 aromatic carbocycles. The van der Waals surface area contributed by atoms with Crippen LogP contribution in [0.3, 0.4) is 0 Å². The van der Waals surface area contributed by atoms with Crippen molar-refractivity contribution in [1.82, 2.24) is 0 Å². The van der Waals surface area contributed by atoms with Gasteiger partial charge < -0.3 is 24.1 Å². The Bertz CT molecular complexity index is 722. The molecule has 1 N–H and O–H groups in total. The molecule has 10 heteroatoms. The number of carbonyl (C=O) groups is 2. The molecule has 26 heavy (non-hydrogen) atoms. The van der Waals surface area contributed by atoms with Crippen LogP contribution >= 0.6 is 0 Å². The molecular weight excluding hydrogens is 346 g/mol. The molecule has 10 nitrogen and oxygen atoms in total. The third kappa shape index (κ3) is 3.63. The first kappa shape index (κ1) is 18.2. The van der Waals surface area contributed by atoms with Crippen LogP contribution in [-0.2, 0) is 28.5 Å². The fourth-order valence-corrected chi connectivity index (χ4v) is 3.09. The third-order valence-corrected chi connectivity index (χ3v) is 4.15. The molecular formula is C16H17N3O7. The van der Waals surface area contributed by atoms with Crippen LogP contribution in [0.5, 0.6) is 0 Å². The van der Waals surface area contributed by atoms with Crippen molar-refractivity contribution in [3.05, 3.63) is 46.3 Å². The van der Waals surface area contributed by atoms with Gasteiger partial charge in [-0.1, -0.05) is 35.4 Å². The van der Waals surface area contributed by atoms with Gasteiger partial charge >= 0.3 is 11.9 Å². The van der Waals surface area contributed by atoms with Crippen LogP contribution in [-0.4, -0.2) is 54.1 Å². The van der Waals surface area contributed by atoms with Crippen molar-refractivity contribution in [1.29, 1.82) is 0 Å². The number of carbonyl (C=O) groups excluding carboxylic acids is 1. The zero-order valence-corrected chi connectivity index (χ0v) is 13.8. The summed E-state index contributed by atoms with van der Waals surface area (Å²) >= 11 is 0. The number of benzene rings is 1. The standard InChI is InChI=1S/C16H17N3O7/c1-8(20)24-13-11(18-19-17)12-10(25-14(13)15(21)22)7-23-16(26-12)9-5-3-2-4-6-9/h2-6,10-14,16H,7H2,1H3,(H,21,22)/t10-,11+,12+,13-,14-,16?/m1/s1. The highest BCUT2D eigenvalue weighted by Gasteiger charge is 2.53. The Morgan fingerprint density at radius 3 is 2.65 bits per heavy atom. The lowest BCUT2D eigenvalue weighted by atomic mass is 9.92. The second kappa shape index (κ2) is 7.71. The van der Waals surface area contributed by atoms with E-state index in [0.29, 0.717) is 0 Å².